The summed E-state index contributed by atoms with van der Waals surface area (Å²) in [7, 11) is 0. The molecule has 0 saturated carbocycles. The van der Waals surface area contributed by atoms with Crippen LogP contribution in [0.3, 0.4) is 0 Å². The van der Waals surface area contributed by atoms with E-state index in [1.165, 1.54) is 6.08 Å². The molecule has 1 aliphatic rings. The van der Waals surface area contributed by atoms with Gasteiger partial charge in [-0.15, -0.1) is 0 Å². The molecule has 2 rings (SSSR count). The third-order valence-corrected chi connectivity index (χ3v) is 3.94. The van der Waals surface area contributed by atoms with Gasteiger partial charge in [-0.2, -0.15) is 0 Å². The molecule has 1 amide bonds. The molecule has 1 aromatic rings. The van der Waals surface area contributed by atoms with Crippen LogP contribution in [0.15, 0.2) is 35.9 Å². The molecule has 1 aromatic carbocycles. The van der Waals surface area contributed by atoms with Crippen LogP contribution in [-0.4, -0.2) is 53.8 Å². The number of allylic oxidation sites excluding steroid dienone is 1. The molecule has 1 unspecified atom stereocenters. The van der Waals surface area contributed by atoms with E-state index in [2.05, 4.69) is 0 Å². The molecule has 0 aliphatic carbocycles. The first-order valence-corrected chi connectivity index (χ1v) is 8.06. The fourth-order valence-electron chi connectivity index (χ4n) is 2.44. The lowest BCUT2D eigenvalue weighted by molar-refractivity contribution is -0.132. The predicted molar refractivity (Wildman–Crippen MR) is 94.2 cm³/mol. The number of rotatable bonds is 7. The van der Waals surface area contributed by atoms with Crippen molar-refractivity contribution in [2.75, 3.05) is 19.7 Å². The maximum Gasteiger partial charge on any atom is 0.260 e. The van der Waals surface area contributed by atoms with Crippen LogP contribution in [0.2, 0.25) is 0 Å². The van der Waals surface area contributed by atoms with Gasteiger partial charge in [0, 0.05) is 24.8 Å². The van der Waals surface area contributed by atoms with Gasteiger partial charge >= 0.3 is 0 Å². The first-order valence-electron chi connectivity index (χ1n) is 8.06. The average Bonchev–Trinajstić information content (AvgIpc) is 3.08. The lowest BCUT2D eigenvalue weighted by Gasteiger charge is -2.18. The lowest BCUT2D eigenvalue weighted by Crippen LogP contribution is -2.34. The van der Waals surface area contributed by atoms with Gasteiger partial charge in [0.25, 0.3) is 5.91 Å². The third-order valence-electron chi connectivity index (χ3n) is 3.94. The van der Waals surface area contributed by atoms with Gasteiger partial charge in [0.1, 0.15) is 11.9 Å². The van der Waals surface area contributed by atoms with Crippen LogP contribution in [0.5, 0.6) is 5.75 Å². The number of carbonyl (C=O) groups excluding carboxylic acids is 1. The zero-order valence-electron chi connectivity index (χ0n) is 14.2. The predicted octanol–water partition coefficient (Wildman–Crippen LogP) is 1.75. The molecule has 1 atom stereocenters. The topological polar surface area (TPSA) is 107 Å². The number of ether oxygens (including phenoxy) is 2. The molecule has 0 bridgehead atoms. The van der Waals surface area contributed by atoms with Gasteiger partial charge in [-0.1, -0.05) is 12.1 Å². The molecule has 0 aromatic heterocycles. The molecular formula is C18H23N3O4. The molecule has 0 radical (unpaired) electrons. The van der Waals surface area contributed by atoms with Gasteiger partial charge in [-0.3, -0.25) is 10.2 Å². The van der Waals surface area contributed by atoms with Gasteiger partial charge in [0.05, 0.1) is 13.2 Å². The summed E-state index contributed by atoms with van der Waals surface area (Å²) >= 11 is 0. The van der Waals surface area contributed by atoms with E-state index >= 15 is 0 Å². The van der Waals surface area contributed by atoms with E-state index in [0.717, 1.165) is 11.8 Å². The largest absolute Gasteiger partial charge is 0.484 e. The van der Waals surface area contributed by atoms with Crippen LogP contribution >= 0.6 is 0 Å². The minimum Gasteiger partial charge on any atom is -0.484 e. The Balaban J connectivity index is 1.78. The molecule has 0 spiro atoms. The summed E-state index contributed by atoms with van der Waals surface area (Å²) in [6, 6.07) is 6.92. The number of aliphatic hydroxyl groups excluding tert-OH is 1. The summed E-state index contributed by atoms with van der Waals surface area (Å²) in [6.07, 6.45) is 3.06. The maximum atomic E-state index is 12.2. The zero-order chi connectivity index (χ0) is 18.2. The first-order chi connectivity index (χ1) is 12.0. The summed E-state index contributed by atoms with van der Waals surface area (Å²) in [5.41, 5.74) is 1.36. The van der Waals surface area contributed by atoms with Crippen LogP contribution in [0.1, 0.15) is 18.9 Å². The highest BCUT2D eigenvalue weighted by molar-refractivity contribution is 5.94. The second kappa shape index (κ2) is 8.98. The Kier molecular flexibility index (Phi) is 6.71. The van der Waals surface area contributed by atoms with Crippen molar-refractivity contribution in [2.45, 2.75) is 26.1 Å². The van der Waals surface area contributed by atoms with Crippen molar-refractivity contribution < 1.29 is 19.4 Å². The fraction of sp³-hybridized carbons (Fsp3) is 0.389. The quantitative estimate of drug-likeness (QED) is 0.517. The highest BCUT2D eigenvalue weighted by atomic mass is 16.5. The molecule has 1 saturated heterocycles. The van der Waals surface area contributed by atoms with E-state index in [9.17, 15) is 4.79 Å². The Morgan fingerprint density at radius 3 is 2.76 bits per heavy atom. The third kappa shape index (κ3) is 5.42. The van der Waals surface area contributed by atoms with Gasteiger partial charge in [0.2, 0.25) is 5.90 Å². The van der Waals surface area contributed by atoms with Crippen LogP contribution in [-0.2, 0) is 16.1 Å². The molecule has 1 aliphatic heterocycles. The van der Waals surface area contributed by atoms with Gasteiger partial charge in [-0.05, 0) is 30.7 Å². The monoisotopic (exact) mass is 345 g/mol. The Morgan fingerprint density at radius 1 is 1.40 bits per heavy atom. The van der Waals surface area contributed by atoms with Crippen molar-refractivity contribution in [3.63, 3.8) is 0 Å². The van der Waals surface area contributed by atoms with Crippen LogP contribution in [0.4, 0.5) is 0 Å². The van der Waals surface area contributed by atoms with Gasteiger partial charge in [0.15, 0.2) is 6.61 Å². The van der Waals surface area contributed by atoms with Crippen molar-refractivity contribution in [3.05, 3.63) is 41.5 Å². The van der Waals surface area contributed by atoms with E-state index in [1.54, 1.807) is 36.1 Å². The number of benzene rings is 1. The molecule has 1 fully saturated rings. The lowest BCUT2D eigenvalue weighted by atomic mass is 10.2. The highest BCUT2D eigenvalue weighted by Crippen LogP contribution is 2.16. The van der Waals surface area contributed by atoms with Crippen LogP contribution in [0.25, 0.3) is 0 Å². The molecule has 1 heterocycles. The minimum atomic E-state index is -0.214. The van der Waals surface area contributed by atoms with E-state index in [4.69, 9.17) is 25.4 Å². The maximum absolute atomic E-state index is 12.2. The minimum absolute atomic E-state index is 0.0299. The Bertz CT molecular complexity index is 655. The number of amides is 1. The zero-order valence-corrected chi connectivity index (χ0v) is 14.2. The Hall–Kier alpha value is -2.67. The Morgan fingerprint density at radius 2 is 2.12 bits per heavy atom. The standard InChI is InChI=1S/C18H23N3O4/c1-13(6-8-19)18(20)25-16-7-9-21(10-16)17(23)12-24-15-4-2-14(11-22)3-5-15/h2-6,8,16,19-20,22H,7,9-12H2,1H3/b13-6-,19-8?,20-18?. The number of carbonyl (C=O) groups is 1. The summed E-state index contributed by atoms with van der Waals surface area (Å²) < 4.78 is 11.0. The fourth-order valence-corrected chi connectivity index (χ4v) is 2.44. The number of hydrogen-bond acceptors (Lipinski definition) is 6. The Labute approximate surface area is 146 Å². The van der Waals surface area contributed by atoms with Gasteiger partial charge in [-0.25, -0.2) is 0 Å². The highest BCUT2D eigenvalue weighted by Gasteiger charge is 2.28. The van der Waals surface area contributed by atoms with Crippen molar-refractivity contribution in [2.24, 2.45) is 0 Å². The van der Waals surface area contributed by atoms with E-state index in [0.29, 0.717) is 30.8 Å². The summed E-state index contributed by atoms with van der Waals surface area (Å²) in [4.78, 5) is 13.9. The average molecular weight is 345 g/mol. The van der Waals surface area contributed by atoms with Crippen molar-refractivity contribution in [1.82, 2.24) is 4.90 Å². The summed E-state index contributed by atoms with van der Waals surface area (Å²) in [6.45, 7) is 2.61. The molecular weight excluding hydrogens is 322 g/mol. The second-order valence-corrected chi connectivity index (χ2v) is 5.80. The van der Waals surface area contributed by atoms with Crippen molar-refractivity contribution in [1.29, 1.82) is 10.8 Å². The van der Waals surface area contributed by atoms with Crippen molar-refractivity contribution in [3.8, 4) is 5.75 Å². The molecule has 25 heavy (non-hydrogen) atoms. The van der Waals surface area contributed by atoms with Crippen LogP contribution < -0.4 is 4.74 Å². The van der Waals surface area contributed by atoms with Crippen molar-refractivity contribution >= 4 is 18.0 Å². The summed E-state index contributed by atoms with van der Waals surface area (Å²) in [5.74, 6) is 0.477. The van der Waals surface area contributed by atoms with Crippen LogP contribution in [0, 0.1) is 10.8 Å². The molecule has 3 N–H and O–H groups in total. The number of hydrogen-bond donors (Lipinski definition) is 3. The van der Waals surface area contributed by atoms with E-state index in [-0.39, 0.29) is 31.1 Å². The van der Waals surface area contributed by atoms with E-state index in [1.807, 2.05) is 0 Å². The number of nitrogens with zero attached hydrogens (tertiary/aromatic N) is 1. The second-order valence-electron chi connectivity index (χ2n) is 5.80. The smallest absolute Gasteiger partial charge is 0.260 e. The number of nitrogens with one attached hydrogen (secondary N) is 2. The SMILES string of the molecule is C/C(=C/C=N)C(=N)OC1CCN(C(=O)COc2ccc(CO)cc2)C1. The summed E-state index contributed by atoms with van der Waals surface area (Å²) in [5, 5.41) is 23.8. The molecule has 7 heteroatoms. The molecule has 134 valence electrons. The normalized spacial score (nSPS) is 17.3. The number of likely N-dealkylation sites (tertiary alicyclic amines) is 1. The first kappa shape index (κ1) is 18.7. The number of aliphatic hydroxyl groups is 1. The van der Waals surface area contributed by atoms with Gasteiger partial charge < -0.3 is 24.9 Å². The molecule has 7 nitrogen and oxygen atoms in total. The van der Waals surface area contributed by atoms with E-state index < -0.39 is 0 Å².